The summed E-state index contributed by atoms with van der Waals surface area (Å²) in [4.78, 5) is 3.89. The Balaban J connectivity index is 2.95. The third-order valence-electron chi connectivity index (χ3n) is 1.24. The lowest BCUT2D eigenvalue weighted by Gasteiger charge is -1.93. The van der Waals surface area contributed by atoms with Gasteiger partial charge in [-0.25, -0.2) is 4.98 Å². The Bertz CT molecular complexity index is 352. The molecule has 0 saturated heterocycles. The summed E-state index contributed by atoms with van der Waals surface area (Å²) in [5, 5.41) is 7.35. The third-order valence-corrected chi connectivity index (χ3v) is 1.24. The van der Waals surface area contributed by atoms with E-state index in [0.29, 0.717) is 11.6 Å². The van der Waals surface area contributed by atoms with Gasteiger partial charge in [-0.1, -0.05) is 0 Å². The molecule has 0 radical (unpaired) electrons. The number of hydrogen-bond donors (Lipinski definition) is 1. The highest BCUT2D eigenvalue weighted by Gasteiger charge is 1.95. The Hall–Kier alpha value is -1.65. The Morgan fingerprint density at radius 1 is 1.50 bits per heavy atom. The molecule has 0 saturated carbocycles. The van der Waals surface area contributed by atoms with Gasteiger partial charge in [0.1, 0.15) is 5.82 Å². The normalized spacial score (nSPS) is 10.4. The van der Waals surface area contributed by atoms with Crippen LogP contribution in [0.25, 0.3) is 5.78 Å². The number of hydrogen-bond acceptors (Lipinski definition) is 4. The molecule has 0 aliphatic rings. The van der Waals surface area contributed by atoms with E-state index >= 15 is 0 Å². The molecule has 5 nitrogen and oxygen atoms in total. The van der Waals surface area contributed by atoms with Crippen LogP contribution in [-0.2, 0) is 0 Å². The molecule has 50 valence electrons. The summed E-state index contributed by atoms with van der Waals surface area (Å²) >= 11 is 0. The summed E-state index contributed by atoms with van der Waals surface area (Å²) < 4.78 is 1.66. The zero-order chi connectivity index (χ0) is 6.97. The Morgan fingerprint density at radius 3 is 3.20 bits per heavy atom. The largest absolute Gasteiger partial charge is 0.383 e. The molecule has 0 atom stereocenters. The van der Waals surface area contributed by atoms with Gasteiger partial charge in [-0.2, -0.15) is 5.10 Å². The predicted octanol–water partition coefficient (Wildman–Crippen LogP) is -0.294. The molecular weight excluding hydrogens is 130 g/mol. The highest BCUT2D eigenvalue weighted by Crippen LogP contribution is 2.00. The van der Waals surface area contributed by atoms with E-state index in [1.54, 1.807) is 16.8 Å². The first-order valence-corrected chi connectivity index (χ1v) is 2.78. The summed E-state index contributed by atoms with van der Waals surface area (Å²) in [6.45, 7) is 0. The lowest BCUT2D eigenvalue weighted by Crippen LogP contribution is -1.98. The Kier molecular flexibility index (Phi) is 0.858. The molecule has 0 fully saturated rings. The van der Waals surface area contributed by atoms with E-state index in [2.05, 4.69) is 15.2 Å². The third kappa shape index (κ3) is 0.540. The maximum atomic E-state index is 5.52. The van der Waals surface area contributed by atoms with Crippen LogP contribution in [0, 0.1) is 0 Å². The van der Waals surface area contributed by atoms with Gasteiger partial charge < -0.3 is 5.73 Å². The van der Waals surface area contributed by atoms with E-state index in [9.17, 15) is 0 Å². The van der Waals surface area contributed by atoms with Crippen LogP contribution in [0.3, 0.4) is 0 Å². The van der Waals surface area contributed by atoms with Crippen LogP contribution in [0.2, 0.25) is 0 Å². The standard InChI is InChI=1S/C5H5N5/c6-4-3-8-9-5-7-1-2-10(4)5/h1-3H,6H2. The van der Waals surface area contributed by atoms with Gasteiger partial charge in [-0.3, -0.25) is 4.40 Å². The molecule has 0 aromatic carbocycles. The first-order valence-electron chi connectivity index (χ1n) is 2.78. The van der Waals surface area contributed by atoms with E-state index in [0.717, 1.165) is 0 Å². The molecule has 0 aliphatic carbocycles. The van der Waals surface area contributed by atoms with Crippen molar-refractivity contribution in [3.63, 3.8) is 0 Å². The summed E-state index contributed by atoms with van der Waals surface area (Å²) in [7, 11) is 0. The lowest BCUT2D eigenvalue weighted by molar-refractivity contribution is 0.975. The van der Waals surface area contributed by atoms with Crippen LogP contribution in [0.1, 0.15) is 0 Å². The fraction of sp³-hybridized carbons (Fsp3) is 0. The van der Waals surface area contributed by atoms with E-state index in [4.69, 9.17) is 5.73 Å². The SMILES string of the molecule is Nc1cnnc2nccn12. The van der Waals surface area contributed by atoms with Gasteiger partial charge in [-0.05, 0) is 0 Å². The topological polar surface area (TPSA) is 69.1 Å². The van der Waals surface area contributed by atoms with Gasteiger partial charge in [-0.15, -0.1) is 5.10 Å². The summed E-state index contributed by atoms with van der Waals surface area (Å²) in [5.74, 6) is 1.07. The second-order valence-corrected chi connectivity index (χ2v) is 1.87. The molecular formula is C5H5N5. The summed E-state index contributed by atoms with van der Waals surface area (Å²) in [5.41, 5.74) is 5.52. The molecule has 2 heterocycles. The first kappa shape index (κ1) is 5.16. The molecule has 2 N–H and O–H groups in total. The Labute approximate surface area is 56.5 Å². The fourth-order valence-corrected chi connectivity index (χ4v) is 0.773. The average Bonchev–Trinajstić information content (AvgIpc) is 2.36. The van der Waals surface area contributed by atoms with Gasteiger partial charge >= 0.3 is 0 Å². The first-order chi connectivity index (χ1) is 4.88. The average molecular weight is 135 g/mol. The molecule has 0 bridgehead atoms. The minimum Gasteiger partial charge on any atom is -0.383 e. The minimum atomic E-state index is 0.528. The number of aromatic nitrogens is 4. The minimum absolute atomic E-state index is 0.528. The number of nitrogens with zero attached hydrogens (tertiary/aromatic N) is 4. The van der Waals surface area contributed by atoms with Crippen molar-refractivity contribution in [2.24, 2.45) is 0 Å². The van der Waals surface area contributed by atoms with Gasteiger partial charge in [0.2, 0.25) is 0 Å². The maximum absolute atomic E-state index is 5.52. The highest BCUT2D eigenvalue weighted by molar-refractivity contribution is 5.37. The molecule has 5 heteroatoms. The molecule has 0 unspecified atom stereocenters. The number of rotatable bonds is 0. The maximum Gasteiger partial charge on any atom is 0.255 e. The van der Waals surface area contributed by atoms with Crippen LogP contribution >= 0.6 is 0 Å². The van der Waals surface area contributed by atoms with Crippen molar-refractivity contribution in [3.8, 4) is 0 Å². The molecule has 2 rings (SSSR count). The van der Waals surface area contributed by atoms with Crippen molar-refractivity contribution in [2.45, 2.75) is 0 Å². The smallest absolute Gasteiger partial charge is 0.255 e. The molecule has 0 aliphatic heterocycles. The van der Waals surface area contributed by atoms with Crippen LogP contribution in [0.4, 0.5) is 5.82 Å². The summed E-state index contributed by atoms with van der Waals surface area (Å²) in [6.07, 6.45) is 4.84. The monoisotopic (exact) mass is 135 g/mol. The second-order valence-electron chi connectivity index (χ2n) is 1.87. The van der Waals surface area contributed by atoms with E-state index in [1.807, 2.05) is 0 Å². The summed E-state index contributed by atoms with van der Waals surface area (Å²) in [6, 6.07) is 0. The number of fused-ring (bicyclic) bond motifs is 1. The van der Waals surface area contributed by atoms with Crippen molar-refractivity contribution in [3.05, 3.63) is 18.6 Å². The van der Waals surface area contributed by atoms with Crippen LogP contribution in [0.5, 0.6) is 0 Å². The van der Waals surface area contributed by atoms with Crippen LogP contribution in [0.15, 0.2) is 18.6 Å². The number of imidazole rings is 1. The molecule has 2 aromatic heterocycles. The fourth-order valence-electron chi connectivity index (χ4n) is 0.773. The van der Waals surface area contributed by atoms with Crippen molar-refractivity contribution < 1.29 is 0 Å². The molecule has 2 aromatic rings. The molecule has 0 spiro atoms. The van der Waals surface area contributed by atoms with Crippen molar-refractivity contribution in [1.82, 2.24) is 19.6 Å². The predicted molar refractivity (Wildman–Crippen MR) is 35.2 cm³/mol. The van der Waals surface area contributed by atoms with E-state index in [1.165, 1.54) is 6.20 Å². The highest BCUT2D eigenvalue weighted by atomic mass is 15.2. The zero-order valence-electron chi connectivity index (χ0n) is 5.10. The van der Waals surface area contributed by atoms with Crippen LogP contribution < -0.4 is 5.73 Å². The van der Waals surface area contributed by atoms with Crippen molar-refractivity contribution >= 4 is 11.6 Å². The van der Waals surface area contributed by atoms with Gasteiger partial charge in [0.25, 0.3) is 5.78 Å². The van der Waals surface area contributed by atoms with Gasteiger partial charge in [0.15, 0.2) is 0 Å². The quantitative estimate of drug-likeness (QED) is 0.538. The number of nitrogens with two attached hydrogens (primary N) is 1. The van der Waals surface area contributed by atoms with E-state index in [-0.39, 0.29) is 0 Å². The van der Waals surface area contributed by atoms with Gasteiger partial charge in [0.05, 0.1) is 6.20 Å². The van der Waals surface area contributed by atoms with Crippen LogP contribution in [-0.4, -0.2) is 19.6 Å². The molecule has 10 heavy (non-hydrogen) atoms. The Morgan fingerprint density at radius 2 is 2.40 bits per heavy atom. The van der Waals surface area contributed by atoms with E-state index < -0.39 is 0 Å². The van der Waals surface area contributed by atoms with Gasteiger partial charge in [0, 0.05) is 12.4 Å². The number of anilines is 1. The van der Waals surface area contributed by atoms with Crippen molar-refractivity contribution in [2.75, 3.05) is 5.73 Å². The molecule has 0 amide bonds. The second kappa shape index (κ2) is 1.66. The lowest BCUT2D eigenvalue weighted by atomic mass is 10.7. The zero-order valence-corrected chi connectivity index (χ0v) is 5.10. The number of nitrogen functional groups attached to an aromatic ring is 1. The van der Waals surface area contributed by atoms with Crippen molar-refractivity contribution in [1.29, 1.82) is 0 Å².